The van der Waals surface area contributed by atoms with Gasteiger partial charge in [0.25, 0.3) is 0 Å². The Morgan fingerprint density at radius 1 is 1.15 bits per heavy atom. The predicted octanol–water partition coefficient (Wildman–Crippen LogP) is 4.27. The highest BCUT2D eigenvalue weighted by Crippen LogP contribution is 2.17. The summed E-state index contributed by atoms with van der Waals surface area (Å²) < 4.78 is 0. The van der Waals surface area contributed by atoms with E-state index in [1.54, 1.807) is 6.92 Å². The standard InChI is InChI=1S/C12H22O2.C4H6O2/c1-4-6-7-11(5-2)9-8-10(3)12(13)14;1-3(2)4(5)6/h8,11H,4-7,9H2,1-3H3,(H,13,14);1H2,2H3,(H,5,6). The van der Waals surface area contributed by atoms with Gasteiger partial charge in [-0.25, -0.2) is 9.59 Å². The van der Waals surface area contributed by atoms with Crippen molar-refractivity contribution >= 4 is 11.9 Å². The van der Waals surface area contributed by atoms with Crippen LogP contribution in [0.2, 0.25) is 0 Å². The summed E-state index contributed by atoms with van der Waals surface area (Å²) in [5, 5.41) is 16.6. The summed E-state index contributed by atoms with van der Waals surface area (Å²) in [5.74, 6) is -1.07. The number of unbranched alkanes of at least 4 members (excludes halogenated alkanes) is 1. The topological polar surface area (TPSA) is 74.6 Å². The average molecular weight is 284 g/mol. The monoisotopic (exact) mass is 284 g/mol. The van der Waals surface area contributed by atoms with Gasteiger partial charge in [0.2, 0.25) is 0 Å². The first-order valence-corrected chi connectivity index (χ1v) is 7.04. The van der Waals surface area contributed by atoms with Crippen molar-refractivity contribution in [3.05, 3.63) is 23.8 Å². The van der Waals surface area contributed by atoms with E-state index in [4.69, 9.17) is 10.2 Å². The first kappa shape index (κ1) is 20.7. The molecule has 0 aliphatic rings. The van der Waals surface area contributed by atoms with E-state index in [1.807, 2.05) is 6.08 Å². The van der Waals surface area contributed by atoms with Crippen molar-refractivity contribution in [1.29, 1.82) is 0 Å². The summed E-state index contributed by atoms with van der Waals surface area (Å²) in [6.45, 7) is 10.6. The minimum atomic E-state index is -0.935. The molecule has 2 N–H and O–H groups in total. The lowest BCUT2D eigenvalue weighted by Gasteiger charge is -2.11. The van der Waals surface area contributed by atoms with Crippen molar-refractivity contribution in [3.8, 4) is 0 Å². The summed E-state index contributed by atoms with van der Waals surface area (Å²) >= 11 is 0. The van der Waals surface area contributed by atoms with E-state index < -0.39 is 11.9 Å². The Kier molecular flexibility index (Phi) is 12.9. The fourth-order valence-electron chi connectivity index (χ4n) is 1.41. The lowest BCUT2D eigenvalue weighted by molar-refractivity contribution is -0.133. The van der Waals surface area contributed by atoms with Crippen molar-refractivity contribution in [2.45, 2.75) is 59.8 Å². The Labute approximate surface area is 122 Å². The molecular weight excluding hydrogens is 256 g/mol. The van der Waals surface area contributed by atoms with E-state index in [2.05, 4.69) is 20.4 Å². The fraction of sp³-hybridized carbons (Fsp3) is 0.625. The van der Waals surface area contributed by atoms with E-state index in [0.717, 1.165) is 12.8 Å². The molecule has 0 aromatic carbocycles. The molecule has 1 unspecified atom stereocenters. The maximum atomic E-state index is 10.5. The van der Waals surface area contributed by atoms with E-state index >= 15 is 0 Å². The number of carbonyl (C=O) groups is 2. The van der Waals surface area contributed by atoms with Crippen molar-refractivity contribution in [2.75, 3.05) is 0 Å². The number of hydrogen-bond acceptors (Lipinski definition) is 2. The van der Waals surface area contributed by atoms with Crippen LogP contribution in [0.1, 0.15) is 59.8 Å². The van der Waals surface area contributed by atoms with Crippen LogP contribution in [0.5, 0.6) is 0 Å². The van der Waals surface area contributed by atoms with Crippen molar-refractivity contribution in [3.63, 3.8) is 0 Å². The van der Waals surface area contributed by atoms with Crippen LogP contribution in [0.4, 0.5) is 0 Å². The maximum Gasteiger partial charge on any atom is 0.330 e. The lowest BCUT2D eigenvalue weighted by Crippen LogP contribution is -2.00. The predicted molar refractivity (Wildman–Crippen MR) is 81.8 cm³/mol. The second-order valence-corrected chi connectivity index (χ2v) is 4.93. The van der Waals surface area contributed by atoms with E-state index in [1.165, 1.54) is 26.2 Å². The van der Waals surface area contributed by atoms with Crippen LogP contribution in [0.3, 0.4) is 0 Å². The molecule has 0 saturated carbocycles. The van der Waals surface area contributed by atoms with E-state index in [0.29, 0.717) is 11.5 Å². The van der Waals surface area contributed by atoms with E-state index in [-0.39, 0.29) is 5.57 Å². The van der Waals surface area contributed by atoms with Crippen LogP contribution >= 0.6 is 0 Å². The third-order valence-electron chi connectivity index (χ3n) is 3.00. The van der Waals surface area contributed by atoms with Gasteiger partial charge in [0.15, 0.2) is 0 Å². The van der Waals surface area contributed by atoms with Crippen LogP contribution in [0.25, 0.3) is 0 Å². The van der Waals surface area contributed by atoms with Crippen LogP contribution in [-0.4, -0.2) is 22.2 Å². The molecule has 0 aromatic heterocycles. The van der Waals surface area contributed by atoms with Gasteiger partial charge in [0, 0.05) is 11.1 Å². The number of aliphatic carboxylic acids is 2. The van der Waals surface area contributed by atoms with Gasteiger partial charge in [-0.2, -0.15) is 0 Å². The van der Waals surface area contributed by atoms with Gasteiger partial charge in [-0.15, -0.1) is 0 Å². The first-order valence-electron chi connectivity index (χ1n) is 7.04. The number of carboxylic acids is 2. The number of hydrogen-bond donors (Lipinski definition) is 2. The van der Waals surface area contributed by atoms with Gasteiger partial charge in [-0.1, -0.05) is 52.2 Å². The van der Waals surface area contributed by atoms with Crippen molar-refractivity contribution < 1.29 is 19.8 Å². The summed E-state index contributed by atoms with van der Waals surface area (Å²) in [4.78, 5) is 20.1. The second-order valence-electron chi connectivity index (χ2n) is 4.93. The zero-order valence-corrected chi connectivity index (χ0v) is 13.1. The molecule has 0 radical (unpaired) electrons. The summed E-state index contributed by atoms with van der Waals surface area (Å²) in [5.41, 5.74) is 0.648. The molecule has 0 saturated heterocycles. The highest BCUT2D eigenvalue weighted by atomic mass is 16.4. The molecule has 4 heteroatoms. The maximum absolute atomic E-state index is 10.5. The molecule has 0 aliphatic heterocycles. The van der Waals surface area contributed by atoms with Crippen molar-refractivity contribution in [2.24, 2.45) is 5.92 Å². The van der Waals surface area contributed by atoms with Gasteiger partial charge in [-0.3, -0.25) is 0 Å². The summed E-state index contributed by atoms with van der Waals surface area (Å²) in [6.07, 6.45) is 7.59. The Morgan fingerprint density at radius 2 is 1.65 bits per heavy atom. The van der Waals surface area contributed by atoms with Gasteiger partial charge in [0.1, 0.15) is 0 Å². The molecule has 0 aromatic rings. The lowest BCUT2D eigenvalue weighted by atomic mass is 9.95. The zero-order valence-electron chi connectivity index (χ0n) is 13.1. The Bertz CT molecular complexity index is 330. The third kappa shape index (κ3) is 12.9. The number of carboxylic acid groups (broad SMARTS) is 2. The van der Waals surface area contributed by atoms with Crippen LogP contribution in [-0.2, 0) is 9.59 Å². The van der Waals surface area contributed by atoms with E-state index in [9.17, 15) is 9.59 Å². The van der Waals surface area contributed by atoms with Crippen molar-refractivity contribution in [1.82, 2.24) is 0 Å². The van der Waals surface area contributed by atoms with Crippen LogP contribution < -0.4 is 0 Å². The zero-order chi connectivity index (χ0) is 16.1. The molecule has 1 atom stereocenters. The molecule has 0 bridgehead atoms. The molecule has 0 amide bonds. The molecule has 20 heavy (non-hydrogen) atoms. The molecule has 0 rings (SSSR count). The minimum absolute atomic E-state index is 0.176. The Morgan fingerprint density at radius 3 is 1.95 bits per heavy atom. The molecule has 0 aliphatic carbocycles. The van der Waals surface area contributed by atoms with Gasteiger partial charge < -0.3 is 10.2 Å². The number of rotatable bonds is 8. The molecule has 116 valence electrons. The third-order valence-corrected chi connectivity index (χ3v) is 3.00. The molecule has 0 spiro atoms. The van der Waals surface area contributed by atoms with Crippen LogP contribution in [0.15, 0.2) is 23.8 Å². The molecule has 0 heterocycles. The van der Waals surface area contributed by atoms with Crippen LogP contribution in [0, 0.1) is 5.92 Å². The molecule has 4 nitrogen and oxygen atoms in total. The highest BCUT2D eigenvalue weighted by Gasteiger charge is 2.05. The normalized spacial score (nSPS) is 12.1. The van der Waals surface area contributed by atoms with Gasteiger partial charge in [0.05, 0.1) is 0 Å². The van der Waals surface area contributed by atoms with Gasteiger partial charge >= 0.3 is 11.9 Å². The second kappa shape index (κ2) is 12.5. The largest absolute Gasteiger partial charge is 0.478 e. The SMILES string of the molecule is C=C(C)C(=O)O.CCCCC(CC)CC=C(C)C(=O)O. The molecule has 0 fully saturated rings. The summed E-state index contributed by atoms with van der Waals surface area (Å²) in [6, 6.07) is 0. The molecular formula is C16H28O4. The average Bonchev–Trinajstić information content (AvgIpc) is 2.39. The summed E-state index contributed by atoms with van der Waals surface area (Å²) in [7, 11) is 0. The quantitative estimate of drug-likeness (QED) is 0.653. The first-order chi connectivity index (χ1) is 9.26. The highest BCUT2D eigenvalue weighted by molar-refractivity contribution is 5.85. The minimum Gasteiger partial charge on any atom is -0.478 e. The fourth-order valence-corrected chi connectivity index (χ4v) is 1.41. The van der Waals surface area contributed by atoms with Gasteiger partial charge in [-0.05, 0) is 26.2 Å². The smallest absolute Gasteiger partial charge is 0.330 e. The number of allylic oxidation sites excluding steroid dienone is 1. The Balaban J connectivity index is 0. The Hall–Kier alpha value is -1.58.